The van der Waals surface area contributed by atoms with Crippen molar-refractivity contribution in [2.75, 3.05) is 14.2 Å². The molecule has 0 N–H and O–H groups in total. The molecule has 0 fully saturated rings. The second kappa shape index (κ2) is 6.71. The van der Waals surface area contributed by atoms with Gasteiger partial charge in [-0.3, -0.25) is 4.79 Å². The van der Waals surface area contributed by atoms with Gasteiger partial charge in [0, 0.05) is 5.56 Å². The lowest BCUT2D eigenvalue weighted by Gasteiger charge is -2.04. The smallest absolute Gasteiger partial charge is 0.318 e. The van der Waals surface area contributed by atoms with E-state index in [1.165, 1.54) is 30.2 Å². The highest BCUT2D eigenvalue weighted by molar-refractivity contribution is 8.02. The van der Waals surface area contributed by atoms with Gasteiger partial charge >= 0.3 is 5.97 Å². The normalized spacial score (nSPS) is 11.9. The molecule has 0 aliphatic heterocycles. The number of methoxy groups -OCH3 is 2. The lowest BCUT2D eigenvalue weighted by Crippen LogP contribution is -2.14. The molecule has 2 aromatic rings. The Hall–Kier alpha value is -1.60. The maximum atomic E-state index is 11.4. The summed E-state index contributed by atoms with van der Waals surface area (Å²) in [5, 5.41) is 8.72. The Kier molecular flexibility index (Phi) is 4.97. The number of ether oxygens (including phenoxy) is 2. The molecule has 7 heteroatoms. The Bertz CT molecular complexity index is 601. The highest BCUT2D eigenvalue weighted by atomic mass is 32.2. The van der Waals surface area contributed by atoms with Gasteiger partial charge in [-0.2, -0.15) is 0 Å². The molecule has 0 saturated heterocycles. The molecular formula is C13H14N2O3S2. The van der Waals surface area contributed by atoms with E-state index >= 15 is 0 Å². The Morgan fingerprint density at radius 3 is 2.85 bits per heavy atom. The molecule has 0 spiro atoms. The quantitative estimate of drug-likeness (QED) is 0.625. The Morgan fingerprint density at radius 2 is 2.15 bits per heavy atom. The summed E-state index contributed by atoms with van der Waals surface area (Å²) in [5.41, 5.74) is 0.944. The summed E-state index contributed by atoms with van der Waals surface area (Å²) in [6, 6.07) is 7.62. The van der Waals surface area contributed by atoms with Crippen molar-refractivity contribution in [3.05, 3.63) is 24.3 Å². The standard InChI is InChI=1S/C13H14N2O3S2/c1-8(12(16)18-3)19-13-15-14-11(20-13)9-5-4-6-10(7-9)17-2/h4-8H,1-3H3. The van der Waals surface area contributed by atoms with Gasteiger partial charge in [0.05, 0.1) is 14.2 Å². The molecule has 0 bridgehead atoms. The molecule has 0 aliphatic rings. The number of thioether (sulfide) groups is 1. The second-order valence-corrected chi connectivity index (χ2v) is 6.45. The van der Waals surface area contributed by atoms with E-state index < -0.39 is 0 Å². The van der Waals surface area contributed by atoms with Crippen LogP contribution in [0.25, 0.3) is 10.6 Å². The van der Waals surface area contributed by atoms with Gasteiger partial charge in [0.25, 0.3) is 0 Å². The number of aromatic nitrogens is 2. The average molecular weight is 310 g/mol. The molecule has 0 saturated carbocycles. The molecule has 0 aliphatic carbocycles. The van der Waals surface area contributed by atoms with Crippen LogP contribution in [0.4, 0.5) is 0 Å². The first-order chi connectivity index (χ1) is 9.63. The topological polar surface area (TPSA) is 61.3 Å². The lowest BCUT2D eigenvalue weighted by atomic mass is 10.2. The fourth-order valence-electron chi connectivity index (χ4n) is 1.50. The van der Waals surface area contributed by atoms with Crippen LogP contribution in [0, 0.1) is 0 Å². The first-order valence-electron chi connectivity index (χ1n) is 5.86. The van der Waals surface area contributed by atoms with Gasteiger partial charge < -0.3 is 9.47 Å². The predicted octanol–water partition coefficient (Wildman–Crippen LogP) is 2.87. The Morgan fingerprint density at radius 1 is 1.35 bits per heavy atom. The monoisotopic (exact) mass is 310 g/mol. The molecule has 2 rings (SSSR count). The number of nitrogens with zero attached hydrogens (tertiary/aromatic N) is 2. The van der Waals surface area contributed by atoms with E-state index in [0.29, 0.717) is 0 Å². The van der Waals surface area contributed by atoms with E-state index in [1.54, 1.807) is 14.0 Å². The summed E-state index contributed by atoms with van der Waals surface area (Å²) in [7, 11) is 3.00. The van der Waals surface area contributed by atoms with E-state index in [9.17, 15) is 4.79 Å². The molecule has 1 atom stereocenters. The van der Waals surface area contributed by atoms with Crippen LogP contribution in [0.1, 0.15) is 6.92 Å². The molecule has 20 heavy (non-hydrogen) atoms. The first-order valence-corrected chi connectivity index (χ1v) is 7.56. The van der Waals surface area contributed by atoms with Crippen molar-refractivity contribution in [3.8, 4) is 16.3 Å². The zero-order valence-corrected chi connectivity index (χ0v) is 13.0. The number of hydrogen-bond donors (Lipinski definition) is 0. The van der Waals surface area contributed by atoms with Crippen LogP contribution in [-0.2, 0) is 9.53 Å². The molecule has 5 nitrogen and oxygen atoms in total. The second-order valence-electron chi connectivity index (χ2n) is 3.89. The number of carbonyl (C=O) groups is 1. The molecule has 1 unspecified atom stereocenters. The minimum atomic E-state index is -0.300. The van der Waals surface area contributed by atoms with Gasteiger partial charge in [-0.15, -0.1) is 10.2 Å². The van der Waals surface area contributed by atoms with E-state index in [0.717, 1.165) is 20.7 Å². The summed E-state index contributed by atoms with van der Waals surface area (Å²) in [6.07, 6.45) is 0. The zero-order chi connectivity index (χ0) is 14.5. The molecule has 1 aromatic heterocycles. The Labute approximate surface area is 125 Å². The van der Waals surface area contributed by atoms with Crippen LogP contribution in [0.2, 0.25) is 0 Å². The zero-order valence-electron chi connectivity index (χ0n) is 11.3. The van der Waals surface area contributed by atoms with Crippen molar-refractivity contribution in [2.45, 2.75) is 16.5 Å². The summed E-state index contributed by atoms with van der Waals surface area (Å²) in [5.74, 6) is 0.503. The number of esters is 1. The van der Waals surface area contributed by atoms with Crippen LogP contribution in [0.3, 0.4) is 0 Å². The molecule has 1 heterocycles. The van der Waals surface area contributed by atoms with Crippen molar-refractivity contribution >= 4 is 29.1 Å². The first kappa shape index (κ1) is 14.8. The van der Waals surface area contributed by atoms with Gasteiger partial charge in [0.15, 0.2) is 4.34 Å². The van der Waals surface area contributed by atoms with Crippen LogP contribution in [0.15, 0.2) is 28.6 Å². The molecular weight excluding hydrogens is 296 g/mol. The minimum Gasteiger partial charge on any atom is -0.497 e. The largest absolute Gasteiger partial charge is 0.497 e. The van der Waals surface area contributed by atoms with E-state index in [-0.39, 0.29) is 11.2 Å². The van der Waals surface area contributed by atoms with Gasteiger partial charge in [-0.25, -0.2) is 0 Å². The van der Waals surface area contributed by atoms with Gasteiger partial charge in [-0.1, -0.05) is 35.2 Å². The van der Waals surface area contributed by atoms with E-state index in [4.69, 9.17) is 4.74 Å². The molecule has 106 valence electrons. The number of benzene rings is 1. The lowest BCUT2D eigenvalue weighted by molar-refractivity contribution is -0.139. The van der Waals surface area contributed by atoms with E-state index in [1.807, 2.05) is 24.3 Å². The third-order valence-corrected chi connectivity index (χ3v) is 4.67. The molecule has 1 aromatic carbocycles. The van der Waals surface area contributed by atoms with Crippen molar-refractivity contribution in [3.63, 3.8) is 0 Å². The Balaban J connectivity index is 2.14. The van der Waals surface area contributed by atoms with Gasteiger partial charge in [0.1, 0.15) is 16.0 Å². The van der Waals surface area contributed by atoms with E-state index in [2.05, 4.69) is 14.9 Å². The average Bonchev–Trinajstić information content (AvgIpc) is 2.94. The summed E-state index contributed by atoms with van der Waals surface area (Å²) < 4.78 is 10.6. The highest BCUT2D eigenvalue weighted by Gasteiger charge is 2.17. The van der Waals surface area contributed by atoms with Crippen molar-refractivity contribution in [2.24, 2.45) is 0 Å². The molecule has 0 amide bonds. The van der Waals surface area contributed by atoms with Crippen LogP contribution < -0.4 is 4.74 Å². The summed E-state index contributed by atoms with van der Waals surface area (Å²) in [4.78, 5) is 11.4. The third-order valence-electron chi connectivity index (χ3n) is 2.53. The predicted molar refractivity (Wildman–Crippen MR) is 79.2 cm³/mol. The van der Waals surface area contributed by atoms with Gasteiger partial charge in [-0.05, 0) is 19.1 Å². The number of carbonyl (C=O) groups excluding carboxylic acids is 1. The van der Waals surface area contributed by atoms with Crippen LogP contribution in [0.5, 0.6) is 5.75 Å². The summed E-state index contributed by atoms with van der Waals surface area (Å²) in [6.45, 7) is 1.78. The van der Waals surface area contributed by atoms with Crippen molar-refractivity contribution < 1.29 is 14.3 Å². The number of hydrogen-bond acceptors (Lipinski definition) is 7. The minimum absolute atomic E-state index is 0.270. The maximum absolute atomic E-state index is 11.4. The fourth-order valence-corrected chi connectivity index (χ4v) is 3.51. The van der Waals surface area contributed by atoms with Gasteiger partial charge in [0.2, 0.25) is 0 Å². The van der Waals surface area contributed by atoms with Crippen LogP contribution in [-0.4, -0.2) is 35.6 Å². The summed E-state index contributed by atoms with van der Waals surface area (Å²) >= 11 is 2.78. The van der Waals surface area contributed by atoms with Crippen molar-refractivity contribution in [1.29, 1.82) is 0 Å². The van der Waals surface area contributed by atoms with Crippen molar-refractivity contribution in [1.82, 2.24) is 10.2 Å². The fraction of sp³-hybridized carbons (Fsp3) is 0.308. The maximum Gasteiger partial charge on any atom is 0.318 e. The third kappa shape index (κ3) is 3.49. The molecule has 0 radical (unpaired) electrons. The SMILES string of the molecule is COC(=O)C(C)Sc1nnc(-c2cccc(OC)c2)s1. The van der Waals surface area contributed by atoms with Crippen LogP contribution >= 0.6 is 23.1 Å². The highest BCUT2D eigenvalue weighted by Crippen LogP contribution is 2.32. The number of rotatable bonds is 5.